The lowest BCUT2D eigenvalue weighted by atomic mass is 9.84. The predicted molar refractivity (Wildman–Crippen MR) is 50.6 cm³/mol. The summed E-state index contributed by atoms with van der Waals surface area (Å²) in [7, 11) is 0. The van der Waals surface area contributed by atoms with Crippen molar-refractivity contribution in [2.24, 2.45) is 17.3 Å². The molecule has 2 atom stereocenters. The summed E-state index contributed by atoms with van der Waals surface area (Å²) >= 11 is 0. The van der Waals surface area contributed by atoms with E-state index in [9.17, 15) is 0 Å². The van der Waals surface area contributed by atoms with Gasteiger partial charge in [-0.05, 0) is 36.5 Å². The summed E-state index contributed by atoms with van der Waals surface area (Å²) in [5, 5.41) is 0. The van der Waals surface area contributed by atoms with E-state index in [-0.39, 0.29) is 0 Å². The molecule has 0 heterocycles. The molecule has 0 bridgehead atoms. The smallest absolute Gasteiger partial charge is 0.0300 e. The Labute approximate surface area is 71.4 Å². The van der Waals surface area contributed by atoms with Gasteiger partial charge in [0.1, 0.15) is 0 Å². The van der Waals surface area contributed by atoms with Gasteiger partial charge in [0.05, 0.1) is 0 Å². The zero-order valence-electron chi connectivity index (χ0n) is 8.48. The molecule has 2 unspecified atom stereocenters. The first-order valence-electron chi connectivity index (χ1n) is 5.08. The highest BCUT2D eigenvalue weighted by Crippen LogP contribution is 2.53. The third-order valence-corrected chi connectivity index (χ3v) is 3.68. The zero-order chi connectivity index (χ0) is 8.48. The van der Waals surface area contributed by atoms with Gasteiger partial charge in [0.15, 0.2) is 0 Å². The maximum Gasteiger partial charge on any atom is -0.0300 e. The molecule has 1 rings (SSSR count). The van der Waals surface area contributed by atoms with Crippen LogP contribution >= 0.6 is 0 Å². The molecule has 0 aliphatic heterocycles. The van der Waals surface area contributed by atoms with E-state index in [1.54, 1.807) is 0 Å². The molecular formula is C11H22. The van der Waals surface area contributed by atoms with E-state index in [1.807, 2.05) is 0 Å². The molecule has 0 radical (unpaired) electrons. The summed E-state index contributed by atoms with van der Waals surface area (Å²) < 4.78 is 0. The van der Waals surface area contributed by atoms with Crippen LogP contribution < -0.4 is 0 Å². The second kappa shape index (κ2) is 3.16. The maximum atomic E-state index is 2.44. The largest absolute Gasteiger partial charge is 0.0651 e. The first-order valence-corrected chi connectivity index (χ1v) is 5.08. The van der Waals surface area contributed by atoms with E-state index in [0.29, 0.717) is 0 Å². The van der Waals surface area contributed by atoms with Crippen molar-refractivity contribution in [2.45, 2.75) is 53.4 Å². The normalized spacial score (nSPS) is 26.2. The topological polar surface area (TPSA) is 0 Å². The van der Waals surface area contributed by atoms with Gasteiger partial charge in [0.2, 0.25) is 0 Å². The second-order valence-corrected chi connectivity index (χ2v) is 4.80. The molecule has 0 N–H and O–H groups in total. The molecule has 11 heavy (non-hydrogen) atoms. The van der Waals surface area contributed by atoms with Gasteiger partial charge in [0, 0.05) is 0 Å². The summed E-state index contributed by atoms with van der Waals surface area (Å²) in [4.78, 5) is 0. The monoisotopic (exact) mass is 154 g/mol. The van der Waals surface area contributed by atoms with E-state index in [0.717, 1.165) is 17.3 Å². The molecule has 0 heteroatoms. The average Bonchev–Trinajstić information content (AvgIpc) is 2.69. The SMILES string of the molecule is CCC(C)CC(C)C1(C)CC1. The lowest BCUT2D eigenvalue weighted by Gasteiger charge is -2.21. The van der Waals surface area contributed by atoms with Crippen molar-refractivity contribution in [1.29, 1.82) is 0 Å². The van der Waals surface area contributed by atoms with E-state index < -0.39 is 0 Å². The van der Waals surface area contributed by atoms with Crippen LogP contribution in [0.3, 0.4) is 0 Å². The number of rotatable bonds is 4. The minimum Gasteiger partial charge on any atom is -0.0651 e. The molecule has 0 spiro atoms. The van der Waals surface area contributed by atoms with Crippen LogP contribution in [0.25, 0.3) is 0 Å². The van der Waals surface area contributed by atoms with Gasteiger partial charge in [-0.3, -0.25) is 0 Å². The summed E-state index contributed by atoms with van der Waals surface area (Å²) in [6, 6.07) is 0. The summed E-state index contributed by atoms with van der Waals surface area (Å²) in [5.41, 5.74) is 0.740. The van der Waals surface area contributed by atoms with Crippen LogP contribution in [0.5, 0.6) is 0 Å². The van der Waals surface area contributed by atoms with Gasteiger partial charge < -0.3 is 0 Å². The highest BCUT2D eigenvalue weighted by molar-refractivity contribution is 4.92. The van der Waals surface area contributed by atoms with Crippen molar-refractivity contribution >= 4 is 0 Å². The Morgan fingerprint density at radius 1 is 1.27 bits per heavy atom. The first-order chi connectivity index (χ1) is 5.08. The fraction of sp³-hybridized carbons (Fsp3) is 1.00. The molecule has 1 aliphatic carbocycles. The molecular weight excluding hydrogens is 132 g/mol. The Kier molecular flexibility index (Phi) is 2.61. The lowest BCUT2D eigenvalue weighted by molar-refractivity contribution is 0.291. The minimum atomic E-state index is 0.740. The van der Waals surface area contributed by atoms with Gasteiger partial charge in [-0.2, -0.15) is 0 Å². The lowest BCUT2D eigenvalue weighted by Crippen LogP contribution is -2.11. The van der Waals surface area contributed by atoms with Crippen LogP contribution in [-0.4, -0.2) is 0 Å². The van der Waals surface area contributed by atoms with Gasteiger partial charge in [-0.1, -0.05) is 34.1 Å². The molecule has 0 saturated heterocycles. The van der Waals surface area contributed by atoms with Crippen molar-refractivity contribution in [3.8, 4) is 0 Å². The molecule has 1 fully saturated rings. The maximum absolute atomic E-state index is 2.44. The van der Waals surface area contributed by atoms with Crippen molar-refractivity contribution in [3.63, 3.8) is 0 Å². The van der Waals surface area contributed by atoms with Crippen LogP contribution in [-0.2, 0) is 0 Å². The van der Waals surface area contributed by atoms with Crippen molar-refractivity contribution < 1.29 is 0 Å². The molecule has 0 nitrogen and oxygen atoms in total. The van der Waals surface area contributed by atoms with Gasteiger partial charge >= 0.3 is 0 Å². The summed E-state index contributed by atoms with van der Waals surface area (Å²) in [6.45, 7) is 9.55. The van der Waals surface area contributed by atoms with Crippen molar-refractivity contribution in [3.05, 3.63) is 0 Å². The van der Waals surface area contributed by atoms with Crippen LogP contribution in [0.4, 0.5) is 0 Å². The quantitative estimate of drug-likeness (QED) is 0.577. The molecule has 66 valence electrons. The van der Waals surface area contributed by atoms with Crippen LogP contribution in [0, 0.1) is 17.3 Å². The third kappa shape index (κ3) is 2.21. The molecule has 1 saturated carbocycles. The molecule has 0 aromatic heterocycles. The van der Waals surface area contributed by atoms with E-state index in [4.69, 9.17) is 0 Å². The average molecular weight is 154 g/mol. The first kappa shape index (κ1) is 9.09. The molecule has 0 aromatic carbocycles. The van der Waals surface area contributed by atoms with E-state index in [2.05, 4.69) is 27.7 Å². The molecule has 0 aromatic rings. The fourth-order valence-electron chi connectivity index (χ4n) is 1.74. The third-order valence-electron chi connectivity index (χ3n) is 3.68. The van der Waals surface area contributed by atoms with Crippen molar-refractivity contribution in [2.75, 3.05) is 0 Å². The van der Waals surface area contributed by atoms with E-state index >= 15 is 0 Å². The van der Waals surface area contributed by atoms with E-state index in [1.165, 1.54) is 25.7 Å². The van der Waals surface area contributed by atoms with Gasteiger partial charge in [-0.25, -0.2) is 0 Å². The highest BCUT2D eigenvalue weighted by Gasteiger charge is 2.42. The summed E-state index contributed by atoms with van der Waals surface area (Å²) in [5.74, 6) is 1.89. The van der Waals surface area contributed by atoms with Gasteiger partial charge in [-0.15, -0.1) is 0 Å². The Hall–Kier alpha value is 0. The van der Waals surface area contributed by atoms with Crippen LogP contribution in [0.2, 0.25) is 0 Å². The Morgan fingerprint density at radius 2 is 1.82 bits per heavy atom. The Morgan fingerprint density at radius 3 is 2.18 bits per heavy atom. The Bertz CT molecular complexity index is 122. The molecule has 1 aliphatic rings. The number of hydrogen-bond donors (Lipinski definition) is 0. The fourth-order valence-corrected chi connectivity index (χ4v) is 1.74. The highest BCUT2D eigenvalue weighted by atomic mass is 14.5. The zero-order valence-corrected chi connectivity index (χ0v) is 8.48. The second-order valence-electron chi connectivity index (χ2n) is 4.80. The van der Waals surface area contributed by atoms with Crippen LogP contribution in [0.1, 0.15) is 53.4 Å². The standard InChI is InChI=1S/C11H22/c1-5-9(2)8-10(3)11(4)6-7-11/h9-10H,5-8H2,1-4H3. The van der Waals surface area contributed by atoms with Crippen LogP contribution in [0.15, 0.2) is 0 Å². The molecule has 0 amide bonds. The van der Waals surface area contributed by atoms with Crippen molar-refractivity contribution in [1.82, 2.24) is 0 Å². The Balaban J connectivity index is 2.25. The van der Waals surface area contributed by atoms with Gasteiger partial charge in [0.25, 0.3) is 0 Å². The number of hydrogen-bond acceptors (Lipinski definition) is 0. The summed E-state index contributed by atoms with van der Waals surface area (Å²) in [6.07, 6.45) is 5.74. The predicted octanol–water partition coefficient (Wildman–Crippen LogP) is 3.86. The minimum absolute atomic E-state index is 0.740.